The quantitative estimate of drug-likeness (QED) is 0.782. The fraction of sp³-hybridized carbons (Fsp3) is 0.636. The Bertz CT molecular complexity index is 523. The van der Waals surface area contributed by atoms with Gasteiger partial charge in [0, 0.05) is 19.1 Å². The molecular weight excluding hydrogens is 372 g/mol. The van der Waals surface area contributed by atoms with Crippen molar-refractivity contribution in [2.24, 2.45) is 0 Å². The highest BCUT2D eigenvalue weighted by atomic mass is 79.9. The van der Waals surface area contributed by atoms with E-state index in [1.165, 1.54) is 18.9 Å². The van der Waals surface area contributed by atoms with Crippen LogP contribution >= 0.6 is 38.9 Å². The first-order chi connectivity index (χ1) is 8.94. The predicted octanol–water partition coefficient (Wildman–Crippen LogP) is 2.93. The third-order valence-corrected chi connectivity index (χ3v) is 7.46. The van der Waals surface area contributed by atoms with E-state index < -0.39 is 10.0 Å². The van der Waals surface area contributed by atoms with Gasteiger partial charge in [0.2, 0.25) is 10.0 Å². The number of hydrogen-bond acceptors (Lipinski definition) is 4. The molecule has 0 radical (unpaired) electrons. The van der Waals surface area contributed by atoms with Gasteiger partial charge >= 0.3 is 0 Å². The zero-order valence-electron chi connectivity index (χ0n) is 10.5. The highest BCUT2D eigenvalue weighted by molar-refractivity contribution is 9.11. The average Bonchev–Trinajstić information content (AvgIpc) is 3.12. The van der Waals surface area contributed by atoms with Crippen molar-refractivity contribution in [1.29, 1.82) is 0 Å². The van der Waals surface area contributed by atoms with E-state index in [4.69, 9.17) is 11.6 Å². The van der Waals surface area contributed by atoms with E-state index in [9.17, 15) is 8.42 Å². The van der Waals surface area contributed by atoms with Gasteiger partial charge < -0.3 is 0 Å². The maximum Gasteiger partial charge on any atom is 0.250 e. The molecule has 1 aliphatic rings. The van der Waals surface area contributed by atoms with E-state index in [1.54, 1.807) is 0 Å². The molecule has 1 N–H and O–H groups in total. The van der Waals surface area contributed by atoms with Crippen LogP contribution in [0.4, 0.5) is 0 Å². The molecule has 2 rings (SSSR count). The number of likely N-dealkylation sites (N-methyl/N-ethyl adjacent to an activating group) is 1. The summed E-state index contributed by atoms with van der Waals surface area (Å²) < 4.78 is 27.6. The lowest BCUT2D eigenvalue weighted by molar-refractivity contribution is 0.282. The highest BCUT2D eigenvalue weighted by Gasteiger charge is 2.27. The number of rotatable bonds is 7. The summed E-state index contributed by atoms with van der Waals surface area (Å²) in [4.78, 5) is 2.31. The van der Waals surface area contributed by atoms with Gasteiger partial charge in [-0.1, -0.05) is 18.5 Å². The Hall–Kier alpha value is 0.340. The lowest BCUT2D eigenvalue weighted by Gasteiger charge is -2.19. The second-order valence-electron chi connectivity index (χ2n) is 4.44. The summed E-state index contributed by atoms with van der Waals surface area (Å²) in [6, 6.07) is 2.12. The normalized spacial score (nSPS) is 16.2. The standard InChI is InChI=1S/C11H16BrClN2O2S2/c1-2-15(8-3-4-8)6-5-14-19(16,17)10-7-9(13)11(12)18-10/h7-8,14H,2-6H2,1H3. The van der Waals surface area contributed by atoms with Crippen molar-refractivity contribution in [1.82, 2.24) is 9.62 Å². The lowest BCUT2D eigenvalue weighted by atomic mass is 10.4. The zero-order valence-corrected chi connectivity index (χ0v) is 14.5. The SMILES string of the molecule is CCN(CCNS(=O)(=O)c1cc(Cl)c(Br)s1)C1CC1. The first kappa shape index (κ1) is 15.7. The van der Waals surface area contributed by atoms with Crippen molar-refractivity contribution >= 4 is 48.9 Å². The molecule has 0 aromatic carbocycles. The van der Waals surface area contributed by atoms with E-state index in [-0.39, 0.29) is 4.21 Å². The summed E-state index contributed by atoms with van der Waals surface area (Å²) in [5.41, 5.74) is 0. The molecule has 1 heterocycles. The number of halogens is 2. The van der Waals surface area contributed by atoms with Crippen LogP contribution in [-0.2, 0) is 10.0 Å². The Morgan fingerprint density at radius 2 is 2.26 bits per heavy atom. The van der Waals surface area contributed by atoms with Gasteiger partial charge in [0.15, 0.2) is 0 Å². The number of hydrogen-bond donors (Lipinski definition) is 1. The van der Waals surface area contributed by atoms with Crippen LogP contribution in [0.1, 0.15) is 19.8 Å². The zero-order chi connectivity index (χ0) is 14.0. The average molecular weight is 388 g/mol. The largest absolute Gasteiger partial charge is 0.299 e. The topological polar surface area (TPSA) is 49.4 Å². The van der Waals surface area contributed by atoms with Gasteiger partial charge in [-0.25, -0.2) is 13.1 Å². The molecule has 0 amide bonds. The fourth-order valence-corrected chi connectivity index (χ4v) is 5.36. The number of nitrogens with one attached hydrogen (secondary N) is 1. The Labute approximate surface area is 131 Å². The van der Waals surface area contributed by atoms with Crippen molar-refractivity contribution in [2.45, 2.75) is 30.0 Å². The molecule has 1 fully saturated rings. The van der Waals surface area contributed by atoms with Crippen LogP contribution in [0.5, 0.6) is 0 Å². The highest BCUT2D eigenvalue weighted by Crippen LogP contribution is 2.34. The maximum absolute atomic E-state index is 12.1. The van der Waals surface area contributed by atoms with Gasteiger partial charge in [-0.3, -0.25) is 4.90 Å². The Balaban J connectivity index is 1.90. The second kappa shape index (κ2) is 6.41. The van der Waals surface area contributed by atoms with Crippen LogP contribution in [0.25, 0.3) is 0 Å². The molecule has 1 aliphatic carbocycles. The Kier molecular flexibility index (Phi) is 5.30. The smallest absolute Gasteiger partial charge is 0.250 e. The van der Waals surface area contributed by atoms with Gasteiger partial charge in [0.1, 0.15) is 4.21 Å². The van der Waals surface area contributed by atoms with Gasteiger partial charge in [-0.05, 0) is 41.4 Å². The summed E-state index contributed by atoms with van der Waals surface area (Å²) in [5, 5.41) is 0.429. The first-order valence-electron chi connectivity index (χ1n) is 6.12. The summed E-state index contributed by atoms with van der Waals surface area (Å²) in [6.45, 7) is 4.24. The predicted molar refractivity (Wildman–Crippen MR) is 82.5 cm³/mol. The van der Waals surface area contributed by atoms with Gasteiger partial charge in [0.05, 0.1) is 8.81 Å². The van der Waals surface area contributed by atoms with Crippen LogP contribution < -0.4 is 4.72 Å². The van der Waals surface area contributed by atoms with Crippen molar-refractivity contribution in [3.63, 3.8) is 0 Å². The molecule has 0 saturated heterocycles. The van der Waals surface area contributed by atoms with Gasteiger partial charge in [-0.15, -0.1) is 11.3 Å². The molecule has 108 valence electrons. The van der Waals surface area contributed by atoms with E-state index in [0.29, 0.717) is 21.4 Å². The van der Waals surface area contributed by atoms with Crippen molar-refractivity contribution in [3.8, 4) is 0 Å². The van der Waals surface area contributed by atoms with Crippen LogP contribution in [0.15, 0.2) is 14.1 Å². The molecule has 0 atom stereocenters. The van der Waals surface area contributed by atoms with Crippen LogP contribution in [0.3, 0.4) is 0 Å². The third-order valence-electron chi connectivity index (χ3n) is 3.05. The molecule has 0 spiro atoms. The van der Waals surface area contributed by atoms with Crippen LogP contribution in [-0.4, -0.2) is 39.0 Å². The minimum absolute atomic E-state index is 0.249. The first-order valence-corrected chi connectivity index (χ1v) is 9.59. The van der Waals surface area contributed by atoms with E-state index in [2.05, 4.69) is 32.5 Å². The van der Waals surface area contributed by atoms with Crippen molar-refractivity contribution in [3.05, 3.63) is 14.9 Å². The fourth-order valence-electron chi connectivity index (χ4n) is 1.89. The molecule has 1 aromatic heterocycles. The Morgan fingerprint density at radius 1 is 1.58 bits per heavy atom. The number of nitrogens with zero attached hydrogens (tertiary/aromatic N) is 1. The summed E-state index contributed by atoms with van der Waals surface area (Å²) in [7, 11) is -3.44. The minimum Gasteiger partial charge on any atom is -0.299 e. The van der Waals surface area contributed by atoms with Crippen molar-refractivity contribution < 1.29 is 8.42 Å². The van der Waals surface area contributed by atoms with Crippen molar-refractivity contribution in [2.75, 3.05) is 19.6 Å². The monoisotopic (exact) mass is 386 g/mol. The molecule has 8 heteroatoms. The maximum atomic E-state index is 12.1. The molecular formula is C11H16BrClN2O2S2. The third kappa shape index (κ3) is 4.15. The molecule has 0 aliphatic heterocycles. The number of sulfonamides is 1. The van der Waals surface area contributed by atoms with Crippen LogP contribution in [0, 0.1) is 0 Å². The number of thiophene rings is 1. The van der Waals surface area contributed by atoms with E-state index >= 15 is 0 Å². The molecule has 0 bridgehead atoms. The molecule has 1 aromatic rings. The molecule has 0 unspecified atom stereocenters. The van der Waals surface area contributed by atoms with Crippen LogP contribution in [0.2, 0.25) is 5.02 Å². The molecule has 4 nitrogen and oxygen atoms in total. The minimum atomic E-state index is -3.44. The second-order valence-corrected chi connectivity index (χ2v) is 9.22. The molecule has 19 heavy (non-hydrogen) atoms. The van der Waals surface area contributed by atoms with E-state index in [0.717, 1.165) is 24.4 Å². The summed E-state index contributed by atoms with van der Waals surface area (Å²) in [5.74, 6) is 0. The Morgan fingerprint density at radius 3 is 2.74 bits per heavy atom. The molecule has 1 saturated carbocycles. The summed E-state index contributed by atoms with van der Waals surface area (Å²) in [6.07, 6.45) is 2.46. The van der Waals surface area contributed by atoms with Gasteiger partial charge in [0.25, 0.3) is 0 Å². The lowest BCUT2D eigenvalue weighted by Crippen LogP contribution is -2.35. The van der Waals surface area contributed by atoms with E-state index in [1.807, 2.05) is 0 Å². The summed E-state index contributed by atoms with van der Waals surface area (Å²) >= 11 is 10.2. The van der Waals surface area contributed by atoms with Gasteiger partial charge in [-0.2, -0.15) is 0 Å².